The van der Waals surface area contributed by atoms with Gasteiger partial charge in [0, 0.05) is 5.92 Å². The second kappa shape index (κ2) is 3.51. The molecule has 0 aromatic rings. The van der Waals surface area contributed by atoms with Crippen LogP contribution in [-0.4, -0.2) is 5.78 Å². The summed E-state index contributed by atoms with van der Waals surface area (Å²) in [7, 11) is 0. The number of hydrogen-bond donors (Lipinski definition) is 0. The minimum atomic E-state index is 0.241. The zero-order chi connectivity index (χ0) is 8.27. The molecule has 1 nitrogen and oxygen atoms in total. The summed E-state index contributed by atoms with van der Waals surface area (Å²) >= 11 is 0. The van der Waals surface area contributed by atoms with Crippen LogP contribution in [0.15, 0.2) is 23.8 Å². The van der Waals surface area contributed by atoms with E-state index in [1.54, 1.807) is 6.08 Å². The Labute approximate surface area is 67.8 Å². The Morgan fingerprint density at radius 3 is 2.91 bits per heavy atom. The Morgan fingerprint density at radius 1 is 1.73 bits per heavy atom. The average Bonchev–Trinajstić information content (AvgIpc) is 2.31. The van der Waals surface area contributed by atoms with Gasteiger partial charge >= 0.3 is 0 Å². The van der Waals surface area contributed by atoms with Crippen molar-refractivity contribution in [1.82, 2.24) is 0 Å². The zero-order valence-electron chi connectivity index (χ0n) is 7.13. The minimum absolute atomic E-state index is 0.241. The summed E-state index contributed by atoms with van der Waals surface area (Å²) in [5.74, 6) is 0.535. The van der Waals surface area contributed by atoms with Gasteiger partial charge in [0.25, 0.3) is 0 Å². The van der Waals surface area contributed by atoms with Crippen molar-refractivity contribution in [2.75, 3.05) is 0 Å². The summed E-state index contributed by atoms with van der Waals surface area (Å²) in [6.45, 7) is 4.12. The largest absolute Gasteiger partial charge is 0.295 e. The summed E-state index contributed by atoms with van der Waals surface area (Å²) < 4.78 is 0. The van der Waals surface area contributed by atoms with E-state index in [-0.39, 0.29) is 5.92 Å². The van der Waals surface area contributed by atoms with Gasteiger partial charge in [0.15, 0.2) is 5.78 Å². The summed E-state index contributed by atoms with van der Waals surface area (Å²) in [6.07, 6.45) is 7.64. The van der Waals surface area contributed by atoms with Gasteiger partial charge in [-0.1, -0.05) is 17.7 Å². The zero-order valence-corrected chi connectivity index (χ0v) is 7.13. The van der Waals surface area contributed by atoms with Crippen LogP contribution in [-0.2, 0) is 4.79 Å². The maximum Gasteiger partial charge on any atom is 0.159 e. The molecule has 0 aliphatic heterocycles. The Kier molecular flexibility index (Phi) is 2.64. The van der Waals surface area contributed by atoms with E-state index in [0.717, 1.165) is 12.8 Å². The van der Waals surface area contributed by atoms with Crippen molar-refractivity contribution >= 4 is 5.78 Å². The Bertz CT molecular complexity index is 207. The molecule has 1 aliphatic carbocycles. The first-order valence-electron chi connectivity index (χ1n) is 4.04. The van der Waals surface area contributed by atoms with Crippen molar-refractivity contribution in [1.29, 1.82) is 0 Å². The van der Waals surface area contributed by atoms with Crippen LogP contribution >= 0.6 is 0 Å². The normalized spacial score (nSPS) is 22.4. The van der Waals surface area contributed by atoms with E-state index >= 15 is 0 Å². The number of carbonyl (C=O) groups excluding carboxylic acids is 1. The molecular weight excluding hydrogens is 136 g/mol. The van der Waals surface area contributed by atoms with Crippen LogP contribution in [0.3, 0.4) is 0 Å². The molecule has 0 fully saturated rings. The molecule has 0 aromatic heterocycles. The van der Waals surface area contributed by atoms with E-state index in [2.05, 4.69) is 19.9 Å². The highest BCUT2D eigenvalue weighted by molar-refractivity contribution is 5.94. The smallest absolute Gasteiger partial charge is 0.159 e. The molecule has 1 atom stereocenters. The van der Waals surface area contributed by atoms with Crippen LogP contribution in [0.1, 0.15) is 26.7 Å². The topological polar surface area (TPSA) is 17.1 Å². The third kappa shape index (κ3) is 2.34. The Morgan fingerprint density at radius 2 is 2.45 bits per heavy atom. The second-order valence-corrected chi connectivity index (χ2v) is 3.25. The highest BCUT2D eigenvalue weighted by atomic mass is 16.1. The molecule has 1 unspecified atom stereocenters. The molecule has 0 N–H and O–H groups in total. The molecule has 0 aromatic carbocycles. The first-order valence-corrected chi connectivity index (χ1v) is 4.04. The fourth-order valence-electron chi connectivity index (χ4n) is 1.19. The lowest BCUT2D eigenvalue weighted by molar-refractivity contribution is -0.117. The number of hydrogen-bond acceptors (Lipinski definition) is 1. The highest BCUT2D eigenvalue weighted by Gasteiger charge is 2.17. The van der Waals surface area contributed by atoms with Crippen molar-refractivity contribution in [3.63, 3.8) is 0 Å². The monoisotopic (exact) mass is 150 g/mol. The predicted molar refractivity (Wildman–Crippen MR) is 46.3 cm³/mol. The van der Waals surface area contributed by atoms with Crippen molar-refractivity contribution in [2.24, 2.45) is 5.92 Å². The molecule has 0 radical (unpaired) electrons. The first-order chi connectivity index (χ1) is 5.20. The van der Waals surface area contributed by atoms with Gasteiger partial charge in [0.2, 0.25) is 0 Å². The van der Waals surface area contributed by atoms with Crippen molar-refractivity contribution < 1.29 is 4.79 Å². The van der Waals surface area contributed by atoms with Gasteiger partial charge in [0.05, 0.1) is 0 Å². The molecule has 11 heavy (non-hydrogen) atoms. The molecule has 60 valence electrons. The maximum atomic E-state index is 11.1. The molecule has 1 aliphatic rings. The molecule has 1 rings (SSSR count). The SMILES string of the molecule is CC(C)=CCC1CC=CC1=O. The molecule has 0 heterocycles. The van der Waals surface area contributed by atoms with Crippen LogP contribution < -0.4 is 0 Å². The average molecular weight is 150 g/mol. The lowest BCUT2D eigenvalue weighted by atomic mass is 10.0. The minimum Gasteiger partial charge on any atom is -0.295 e. The number of carbonyl (C=O) groups is 1. The summed E-state index contributed by atoms with van der Waals surface area (Å²) in [6, 6.07) is 0. The lowest BCUT2D eigenvalue weighted by Crippen LogP contribution is -2.04. The fourth-order valence-corrected chi connectivity index (χ4v) is 1.19. The molecule has 1 heteroatoms. The first kappa shape index (κ1) is 8.25. The van der Waals surface area contributed by atoms with Crippen LogP contribution in [0.5, 0.6) is 0 Å². The molecule has 0 bridgehead atoms. The number of rotatable bonds is 2. The van der Waals surface area contributed by atoms with Crippen LogP contribution in [0, 0.1) is 5.92 Å². The van der Waals surface area contributed by atoms with E-state index in [1.165, 1.54) is 5.57 Å². The quantitative estimate of drug-likeness (QED) is 0.553. The van der Waals surface area contributed by atoms with E-state index < -0.39 is 0 Å². The summed E-state index contributed by atoms with van der Waals surface area (Å²) in [4.78, 5) is 11.1. The Balaban J connectivity index is 2.40. The maximum absolute atomic E-state index is 11.1. The van der Waals surface area contributed by atoms with Gasteiger partial charge in [-0.05, 0) is 32.8 Å². The molecule has 0 spiro atoms. The lowest BCUT2D eigenvalue weighted by Gasteiger charge is -2.02. The van der Waals surface area contributed by atoms with Crippen molar-refractivity contribution in [3.8, 4) is 0 Å². The molecule has 0 saturated carbocycles. The second-order valence-electron chi connectivity index (χ2n) is 3.25. The van der Waals surface area contributed by atoms with Crippen LogP contribution in [0.4, 0.5) is 0 Å². The van der Waals surface area contributed by atoms with Crippen LogP contribution in [0.25, 0.3) is 0 Å². The van der Waals surface area contributed by atoms with Gasteiger partial charge in [-0.15, -0.1) is 0 Å². The third-order valence-electron chi connectivity index (χ3n) is 1.92. The van der Waals surface area contributed by atoms with E-state index in [4.69, 9.17) is 0 Å². The van der Waals surface area contributed by atoms with E-state index in [0.29, 0.717) is 5.78 Å². The standard InChI is InChI=1S/C10H14O/c1-8(2)6-7-9-4-3-5-10(9)11/h3,5-6,9H,4,7H2,1-2H3. The van der Waals surface area contributed by atoms with E-state index in [1.807, 2.05) is 6.08 Å². The molecular formula is C10H14O. The van der Waals surface area contributed by atoms with Gasteiger partial charge in [0.1, 0.15) is 0 Å². The Hall–Kier alpha value is -0.850. The van der Waals surface area contributed by atoms with Gasteiger partial charge < -0.3 is 0 Å². The predicted octanol–water partition coefficient (Wildman–Crippen LogP) is 2.49. The number of allylic oxidation sites excluding steroid dienone is 4. The van der Waals surface area contributed by atoms with Crippen molar-refractivity contribution in [2.45, 2.75) is 26.7 Å². The highest BCUT2D eigenvalue weighted by Crippen LogP contribution is 2.18. The van der Waals surface area contributed by atoms with Crippen molar-refractivity contribution in [3.05, 3.63) is 23.8 Å². The van der Waals surface area contributed by atoms with E-state index in [9.17, 15) is 4.79 Å². The van der Waals surface area contributed by atoms with Crippen LogP contribution in [0.2, 0.25) is 0 Å². The summed E-state index contributed by atoms with van der Waals surface area (Å²) in [5, 5.41) is 0. The number of ketones is 1. The van der Waals surface area contributed by atoms with Gasteiger partial charge in [-0.2, -0.15) is 0 Å². The third-order valence-corrected chi connectivity index (χ3v) is 1.92. The molecule has 0 amide bonds. The van der Waals surface area contributed by atoms with Gasteiger partial charge in [-0.3, -0.25) is 4.79 Å². The summed E-state index contributed by atoms with van der Waals surface area (Å²) in [5.41, 5.74) is 1.30. The van der Waals surface area contributed by atoms with Gasteiger partial charge in [-0.25, -0.2) is 0 Å². The fraction of sp³-hybridized carbons (Fsp3) is 0.500. The molecule has 0 saturated heterocycles.